The largest absolute Gasteiger partial charge is 0.368 e. The second-order valence-electron chi connectivity index (χ2n) is 1.65. The lowest BCUT2D eigenvalue weighted by molar-refractivity contribution is 1.11. The molecular weight excluding hydrogens is 129 g/mol. The van der Waals surface area contributed by atoms with Crippen LogP contribution in [0.3, 0.4) is 0 Å². The van der Waals surface area contributed by atoms with E-state index in [2.05, 4.69) is 4.98 Å². The third kappa shape index (κ3) is 3.66. The van der Waals surface area contributed by atoms with Crippen molar-refractivity contribution in [3.63, 3.8) is 0 Å². The number of aromatic amines is 1. The molecule has 0 aliphatic carbocycles. The molecule has 0 radical (unpaired) electrons. The summed E-state index contributed by atoms with van der Waals surface area (Å²) >= 11 is 0. The van der Waals surface area contributed by atoms with Crippen LogP contribution in [0, 0.1) is 0 Å². The van der Waals surface area contributed by atoms with Crippen LogP contribution in [0.4, 0.5) is 4.70 Å². The predicted molar refractivity (Wildman–Crippen MR) is 40.9 cm³/mol. The molecule has 1 heterocycles. The van der Waals surface area contributed by atoms with E-state index in [1.54, 1.807) is 0 Å². The Morgan fingerprint density at radius 1 is 0.600 bits per heavy atom. The molecule has 1 nitrogen and oxygen atoms in total. The van der Waals surface area contributed by atoms with Crippen molar-refractivity contribution in [2.45, 2.75) is 0 Å². The summed E-state index contributed by atoms with van der Waals surface area (Å²) < 4.78 is 0. The maximum absolute atomic E-state index is 2.96. The van der Waals surface area contributed by atoms with E-state index in [1.807, 2.05) is 48.8 Å². The lowest BCUT2D eigenvalue weighted by Crippen LogP contribution is -1.52. The molecule has 0 saturated carbocycles. The lowest BCUT2D eigenvalue weighted by Gasteiger charge is -1.65. The molecule has 0 saturated heterocycles. The number of hydrogen-bond donors (Lipinski definition) is 1. The molecule has 0 unspecified atom stereocenters. The number of H-pyrrole nitrogens is 1. The third-order valence-electron chi connectivity index (χ3n) is 0.940. The van der Waals surface area contributed by atoms with E-state index in [9.17, 15) is 0 Å². The summed E-state index contributed by atoms with van der Waals surface area (Å²) in [6, 6.07) is 11.8. The lowest BCUT2D eigenvalue weighted by atomic mass is 10.5. The topological polar surface area (TPSA) is 15.8 Å². The van der Waals surface area contributed by atoms with Crippen LogP contribution in [0.1, 0.15) is 0 Å². The first kappa shape index (κ1) is 8.69. The summed E-state index contributed by atoms with van der Waals surface area (Å²) in [4.78, 5) is 2.96. The van der Waals surface area contributed by atoms with Gasteiger partial charge in [-0.15, -0.1) is 0 Å². The average Bonchev–Trinajstić information content (AvgIpc) is 2.00. The molecule has 10 heavy (non-hydrogen) atoms. The van der Waals surface area contributed by atoms with Gasteiger partial charge in [-0.1, -0.05) is 24.3 Å². The Balaban J connectivity index is 0.000000810. The van der Waals surface area contributed by atoms with Crippen molar-refractivity contribution >= 4 is 0 Å². The molecule has 0 bridgehead atoms. The number of rotatable bonds is 0. The van der Waals surface area contributed by atoms with Gasteiger partial charge in [0, 0.05) is 12.4 Å². The summed E-state index contributed by atoms with van der Waals surface area (Å²) in [5.41, 5.74) is 0. The predicted octanol–water partition coefficient (Wildman–Crippen LogP) is 2.29. The van der Waals surface area contributed by atoms with E-state index >= 15 is 0 Å². The van der Waals surface area contributed by atoms with Gasteiger partial charge in [0.25, 0.3) is 0 Å². The molecule has 1 aromatic heterocycles. The Bertz CT molecular complexity index is 131. The van der Waals surface area contributed by atoms with Gasteiger partial charge in [0.05, 0.1) is 0 Å². The molecule has 2 heteroatoms. The minimum absolute atomic E-state index is 0. The van der Waals surface area contributed by atoms with E-state index in [0.29, 0.717) is 0 Å². The second kappa shape index (κ2) is 5.82. The van der Waals surface area contributed by atoms with Gasteiger partial charge in [-0.05, 0) is 12.1 Å². The monoisotopic (exact) mass is 139 g/mol. The Labute approximate surface area is 59.4 Å². The van der Waals surface area contributed by atoms with Crippen LogP contribution in [0.15, 0.2) is 48.8 Å². The zero-order chi connectivity index (χ0) is 6.36. The minimum Gasteiger partial charge on any atom is -0.368 e. The van der Waals surface area contributed by atoms with E-state index < -0.39 is 0 Å². The van der Waals surface area contributed by atoms with Gasteiger partial charge in [-0.3, -0.25) is 4.70 Å². The van der Waals surface area contributed by atoms with E-state index in [1.165, 1.54) is 0 Å². The number of nitrogens with one attached hydrogen (secondary N) is 1. The van der Waals surface area contributed by atoms with Crippen LogP contribution in [0.2, 0.25) is 0 Å². The van der Waals surface area contributed by atoms with Crippen LogP contribution in [-0.4, -0.2) is 4.98 Å². The van der Waals surface area contributed by atoms with Crippen LogP contribution < -0.4 is 0 Å². The molecule has 0 aliphatic heterocycles. The van der Waals surface area contributed by atoms with Gasteiger partial charge in [0.15, 0.2) is 0 Å². The van der Waals surface area contributed by atoms with Gasteiger partial charge in [0.2, 0.25) is 0 Å². The highest BCUT2D eigenvalue weighted by molar-refractivity contribution is 4.93. The fourth-order valence-corrected chi connectivity index (χ4v) is 0.534. The first-order valence-electron chi connectivity index (χ1n) is 2.91. The molecule has 0 aliphatic rings. The summed E-state index contributed by atoms with van der Waals surface area (Å²) in [6.07, 6.45) is 3.75. The summed E-state index contributed by atoms with van der Waals surface area (Å²) in [5, 5.41) is 0. The fraction of sp³-hybridized carbons (Fsp3) is 0. The zero-order valence-electron chi connectivity index (χ0n) is 5.53. The van der Waals surface area contributed by atoms with Crippen LogP contribution in [0.25, 0.3) is 0 Å². The van der Waals surface area contributed by atoms with Crippen LogP contribution in [0.5, 0.6) is 0 Å². The maximum atomic E-state index is 2.96. The molecule has 0 fully saturated rings. The van der Waals surface area contributed by atoms with Gasteiger partial charge >= 0.3 is 0 Å². The molecule has 1 N–H and O–H groups in total. The molecule has 0 aromatic carbocycles. The molecule has 0 amide bonds. The van der Waals surface area contributed by atoms with Crippen molar-refractivity contribution in [3.8, 4) is 0 Å². The van der Waals surface area contributed by atoms with Crippen molar-refractivity contribution in [1.29, 1.82) is 0 Å². The first-order chi connectivity index (χ1) is 4.50. The van der Waals surface area contributed by atoms with Gasteiger partial charge in [0.1, 0.15) is 0 Å². The summed E-state index contributed by atoms with van der Waals surface area (Å²) in [5.74, 6) is 0. The number of hydrogen-bond acceptors (Lipinski definition) is 0. The normalized spacial score (nSPS) is 7.20. The van der Waals surface area contributed by atoms with Gasteiger partial charge in [-0.2, -0.15) is 0 Å². The van der Waals surface area contributed by atoms with Gasteiger partial charge in [-0.25, -0.2) is 0 Å². The quantitative estimate of drug-likeness (QED) is 0.567. The second-order valence-corrected chi connectivity index (χ2v) is 1.65. The molecule has 1 rings (SSSR count). The van der Waals surface area contributed by atoms with Crippen molar-refractivity contribution in [2.24, 2.45) is 0 Å². The molecular formula is C8H10FN. The van der Waals surface area contributed by atoms with E-state index in [4.69, 9.17) is 0 Å². The van der Waals surface area contributed by atoms with Crippen LogP contribution in [-0.2, 0) is 0 Å². The van der Waals surface area contributed by atoms with Crippen molar-refractivity contribution in [1.82, 2.24) is 4.98 Å². The van der Waals surface area contributed by atoms with Crippen molar-refractivity contribution in [3.05, 3.63) is 48.8 Å². The number of aromatic nitrogens is 1. The smallest absolute Gasteiger partial charge is 0.000442 e. The Morgan fingerprint density at radius 2 is 1.00 bits per heavy atom. The van der Waals surface area contributed by atoms with Crippen molar-refractivity contribution in [2.75, 3.05) is 0 Å². The first-order valence-corrected chi connectivity index (χ1v) is 2.91. The highest BCUT2D eigenvalue weighted by atomic mass is 19.0. The molecule has 0 atom stereocenters. The highest BCUT2D eigenvalue weighted by Gasteiger charge is 1.57. The Morgan fingerprint density at radius 3 is 1.50 bits per heavy atom. The molecule has 1 aromatic rings. The minimum atomic E-state index is 0. The Hall–Kier alpha value is -1.31. The summed E-state index contributed by atoms with van der Waals surface area (Å²) in [6.45, 7) is 0. The summed E-state index contributed by atoms with van der Waals surface area (Å²) in [7, 11) is 0. The number of halogens is 1. The standard InChI is InChI=1S/C8H9N.FH/c1-2-4-6-8-9-7-5-3-1;/h1-9H;1H. The van der Waals surface area contributed by atoms with E-state index in [-0.39, 0.29) is 4.70 Å². The maximum Gasteiger partial charge on any atom is 0.000442 e. The SMILES string of the molecule is F.c1cccc[nH]ccc1. The van der Waals surface area contributed by atoms with Crippen molar-refractivity contribution < 1.29 is 4.70 Å². The molecule has 0 spiro atoms. The molecule has 54 valence electrons. The average molecular weight is 139 g/mol. The third-order valence-corrected chi connectivity index (χ3v) is 0.940. The van der Waals surface area contributed by atoms with Gasteiger partial charge < -0.3 is 4.98 Å². The van der Waals surface area contributed by atoms with E-state index in [0.717, 1.165) is 0 Å². The van der Waals surface area contributed by atoms with Crippen LogP contribution >= 0.6 is 0 Å². The Kier molecular flexibility index (Phi) is 5.06. The zero-order valence-corrected chi connectivity index (χ0v) is 5.53. The fourth-order valence-electron chi connectivity index (χ4n) is 0.534. The highest BCUT2D eigenvalue weighted by Crippen LogP contribution is 1.76.